The van der Waals surface area contributed by atoms with Gasteiger partial charge in [-0.2, -0.15) is 0 Å². The van der Waals surface area contributed by atoms with Gasteiger partial charge in [-0.05, 0) is 37.3 Å². The number of amides is 1. The molecule has 4 nitrogen and oxygen atoms in total. The lowest BCUT2D eigenvalue weighted by Gasteiger charge is -2.15. The Labute approximate surface area is 120 Å². The maximum atomic E-state index is 12.1. The summed E-state index contributed by atoms with van der Waals surface area (Å²) >= 11 is 0. The molecule has 0 bridgehead atoms. The molecule has 2 atom stereocenters. The van der Waals surface area contributed by atoms with E-state index in [1.165, 1.54) is 0 Å². The monoisotopic (exact) mass is 277 g/mol. The molecule has 0 heterocycles. The first-order valence-electron chi connectivity index (χ1n) is 7.32. The van der Waals surface area contributed by atoms with Crippen molar-refractivity contribution >= 4 is 5.91 Å². The van der Waals surface area contributed by atoms with Gasteiger partial charge in [0.2, 0.25) is 5.91 Å². The van der Waals surface area contributed by atoms with Crippen LogP contribution in [0.2, 0.25) is 0 Å². The largest absolute Gasteiger partial charge is 0.392 e. The highest BCUT2D eigenvalue weighted by molar-refractivity contribution is 5.79. The van der Waals surface area contributed by atoms with Gasteiger partial charge in [0, 0.05) is 13.2 Å². The Morgan fingerprint density at radius 2 is 2.10 bits per heavy atom. The van der Waals surface area contributed by atoms with Gasteiger partial charge in [-0.15, -0.1) is 0 Å². The van der Waals surface area contributed by atoms with E-state index in [1.54, 1.807) is 0 Å². The summed E-state index contributed by atoms with van der Waals surface area (Å²) in [6.07, 6.45) is 1.97. The van der Waals surface area contributed by atoms with Gasteiger partial charge in [0.05, 0.1) is 18.6 Å². The summed E-state index contributed by atoms with van der Waals surface area (Å²) in [7, 11) is 0. The Kier molecular flexibility index (Phi) is 5.56. The fraction of sp³-hybridized carbons (Fsp3) is 0.562. The Balaban J connectivity index is 1.91. The third-order valence-corrected chi connectivity index (χ3v) is 3.85. The molecule has 0 aromatic heterocycles. The van der Waals surface area contributed by atoms with E-state index in [9.17, 15) is 9.90 Å². The van der Waals surface area contributed by atoms with Gasteiger partial charge in [0.1, 0.15) is 0 Å². The zero-order valence-electron chi connectivity index (χ0n) is 12.0. The van der Waals surface area contributed by atoms with Crippen LogP contribution < -0.4 is 5.32 Å². The van der Waals surface area contributed by atoms with Gasteiger partial charge in [0.25, 0.3) is 0 Å². The highest BCUT2D eigenvalue weighted by Gasteiger charge is 2.31. The summed E-state index contributed by atoms with van der Waals surface area (Å²) < 4.78 is 5.43. The first-order chi connectivity index (χ1) is 9.72. The average Bonchev–Trinajstić information content (AvgIpc) is 2.89. The second-order valence-electron chi connectivity index (χ2n) is 5.23. The van der Waals surface area contributed by atoms with E-state index >= 15 is 0 Å². The maximum absolute atomic E-state index is 12.1. The molecule has 20 heavy (non-hydrogen) atoms. The van der Waals surface area contributed by atoms with Crippen LogP contribution >= 0.6 is 0 Å². The molecule has 1 aliphatic carbocycles. The third kappa shape index (κ3) is 3.81. The van der Waals surface area contributed by atoms with Crippen molar-refractivity contribution in [2.75, 3.05) is 6.61 Å². The minimum Gasteiger partial charge on any atom is -0.392 e. The summed E-state index contributed by atoms with van der Waals surface area (Å²) in [5, 5.41) is 12.7. The molecule has 4 heteroatoms. The number of carbonyl (C=O) groups is 1. The minimum absolute atomic E-state index is 0.0405. The second kappa shape index (κ2) is 7.41. The molecule has 1 saturated carbocycles. The average molecular weight is 277 g/mol. The van der Waals surface area contributed by atoms with E-state index in [1.807, 2.05) is 31.2 Å². The fourth-order valence-electron chi connectivity index (χ4n) is 2.64. The van der Waals surface area contributed by atoms with Crippen LogP contribution in [0.15, 0.2) is 24.3 Å². The van der Waals surface area contributed by atoms with Crippen molar-refractivity contribution in [3.63, 3.8) is 0 Å². The highest BCUT2D eigenvalue weighted by Crippen LogP contribution is 2.25. The first-order valence-corrected chi connectivity index (χ1v) is 7.32. The van der Waals surface area contributed by atoms with E-state index < -0.39 is 6.10 Å². The van der Waals surface area contributed by atoms with Gasteiger partial charge < -0.3 is 15.2 Å². The zero-order chi connectivity index (χ0) is 14.4. The number of ether oxygens (including phenoxy) is 1. The number of aliphatic hydroxyl groups excluding tert-OH is 1. The molecule has 0 aliphatic heterocycles. The van der Waals surface area contributed by atoms with Crippen LogP contribution in [0, 0.1) is 5.92 Å². The van der Waals surface area contributed by atoms with Crippen LogP contribution in [0.3, 0.4) is 0 Å². The molecule has 1 aromatic rings. The van der Waals surface area contributed by atoms with E-state index in [4.69, 9.17) is 4.74 Å². The lowest BCUT2D eigenvalue weighted by Crippen LogP contribution is -2.34. The van der Waals surface area contributed by atoms with E-state index in [-0.39, 0.29) is 11.8 Å². The lowest BCUT2D eigenvalue weighted by molar-refractivity contribution is -0.127. The van der Waals surface area contributed by atoms with Crippen LogP contribution in [0.5, 0.6) is 0 Å². The minimum atomic E-state index is -0.478. The van der Waals surface area contributed by atoms with Crippen molar-refractivity contribution in [3.8, 4) is 0 Å². The predicted octanol–water partition coefficient (Wildman–Crippen LogP) is 2.00. The van der Waals surface area contributed by atoms with E-state index in [0.29, 0.717) is 19.8 Å². The molecule has 1 fully saturated rings. The van der Waals surface area contributed by atoms with Gasteiger partial charge in [-0.3, -0.25) is 4.79 Å². The SMILES string of the molecule is CCOCc1ccccc1CNC(=O)C1CCCC1O. The van der Waals surface area contributed by atoms with Crippen molar-refractivity contribution < 1.29 is 14.6 Å². The molecule has 2 unspecified atom stereocenters. The van der Waals surface area contributed by atoms with Crippen molar-refractivity contribution in [3.05, 3.63) is 35.4 Å². The molecule has 2 N–H and O–H groups in total. The number of carbonyl (C=O) groups excluding carboxylic acids is 1. The summed E-state index contributed by atoms with van der Waals surface area (Å²) in [6.45, 7) is 3.70. The van der Waals surface area contributed by atoms with Crippen molar-refractivity contribution in [2.45, 2.75) is 45.4 Å². The molecule has 0 radical (unpaired) electrons. The van der Waals surface area contributed by atoms with Gasteiger partial charge >= 0.3 is 0 Å². The fourth-order valence-corrected chi connectivity index (χ4v) is 2.64. The molecule has 1 aliphatic rings. The molecule has 1 aromatic carbocycles. The summed E-state index contributed by atoms with van der Waals surface area (Å²) in [5.41, 5.74) is 2.17. The van der Waals surface area contributed by atoms with Crippen LogP contribution in [-0.2, 0) is 22.7 Å². The number of rotatable bonds is 6. The smallest absolute Gasteiger partial charge is 0.225 e. The third-order valence-electron chi connectivity index (χ3n) is 3.85. The van der Waals surface area contributed by atoms with E-state index in [0.717, 1.165) is 30.4 Å². The second-order valence-corrected chi connectivity index (χ2v) is 5.23. The van der Waals surface area contributed by atoms with Crippen LogP contribution in [0.25, 0.3) is 0 Å². The van der Waals surface area contributed by atoms with Crippen LogP contribution in [-0.4, -0.2) is 23.7 Å². The number of hydrogen-bond acceptors (Lipinski definition) is 3. The van der Waals surface area contributed by atoms with Crippen LogP contribution in [0.1, 0.15) is 37.3 Å². The first kappa shape index (κ1) is 15.0. The Morgan fingerprint density at radius 3 is 2.75 bits per heavy atom. The topological polar surface area (TPSA) is 58.6 Å². The van der Waals surface area contributed by atoms with Crippen LogP contribution in [0.4, 0.5) is 0 Å². The van der Waals surface area contributed by atoms with Gasteiger partial charge in [-0.25, -0.2) is 0 Å². The molecule has 1 amide bonds. The number of aliphatic hydroxyl groups is 1. The van der Waals surface area contributed by atoms with Gasteiger partial charge in [-0.1, -0.05) is 24.3 Å². The number of hydrogen-bond donors (Lipinski definition) is 2. The standard InChI is InChI=1S/C16H23NO3/c1-2-20-11-13-7-4-3-6-12(13)10-17-16(19)14-8-5-9-15(14)18/h3-4,6-7,14-15,18H,2,5,8-11H2,1H3,(H,17,19). The summed E-state index contributed by atoms with van der Waals surface area (Å²) in [4.78, 5) is 12.1. The highest BCUT2D eigenvalue weighted by atomic mass is 16.5. The molecule has 0 spiro atoms. The quantitative estimate of drug-likeness (QED) is 0.836. The molecule has 110 valence electrons. The normalized spacial score (nSPS) is 21.9. The maximum Gasteiger partial charge on any atom is 0.225 e. The predicted molar refractivity (Wildman–Crippen MR) is 77.0 cm³/mol. The summed E-state index contributed by atoms with van der Waals surface area (Å²) in [6, 6.07) is 7.95. The van der Waals surface area contributed by atoms with Crippen molar-refractivity contribution in [1.82, 2.24) is 5.32 Å². The van der Waals surface area contributed by atoms with Gasteiger partial charge in [0.15, 0.2) is 0 Å². The van der Waals surface area contributed by atoms with Crippen molar-refractivity contribution in [1.29, 1.82) is 0 Å². The Hall–Kier alpha value is -1.39. The molecular formula is C16H23NO3. The number of nitrogens with one attached hydrogen (secondary N) is 1. The zero-order valence-corrected chi connectivity index (χ0v) is 12.0. The molecule has 0 saturated heterocycles. The summed E-state index contributed by atoms with van der Waals surface area (Å²) in [5.74, 6) is -0.282. The number of benzene rings is 1. The molecule has 2 rings (SSSR count). The molecular weight excluding hydrogens is 254 g/mol. The Bertz CT molecular complexity index is 447. The van der Waals surface area contributed by atoms with E-state index in [2.05, 4.69) is 5.32 Å². The Morgan fingerprint density at radius 1 is 1.35 bits per heavy atom. The van der Waals surface area contributed by atoms with Crippen molar-refractivity contribution in [2.24, 2.45) is 5.92 Å². The lowest BCUT2D eigenvalue weighted by atomic mass is 10.0.